The van der Waals surface area contributed by atoms with Crippen molar-refractivity contribution < 1.29 is 4.79 Å². The Morgan fingerprint density at radius 2 is 2.16 bits per heavy atom. The van der Waals surface area contributed by atoms with Crippen molar-refractivity contribution in [3.8, 4) is 0 Å². The Labute approximate surface area is 120 Å². The van der Waals surface area contributed by atoms with E-state index >= 15 is 0 Å². The molecule has 0 aliphatic carbocycles. The highest BCUT2D eigenvalue weighted by atomic mass is 79.9. The van der Waals surface area contributed by atoms with Crippen LogP contribution in [0, 0.1) is 0 Å². The van der Waals surface area contributed by atoms with Gasteiger partial charge >= 0.3 is 0 Å². The zero-order valence-electron chi connectivity index (χ0n) is 10.5. The van der Waals surface area contributed by atoms with Gasteiger partial charge in [0.2, 0.25) is 0 Å². The van der Waals surface area contributed by atoms with E-state index in [1.165, 1.54) is 0 Å². The molecule has 0 bridgehead atoms. The number of nitrogens with zero attached hydrogens (tertiary/aromatic N) is 2. The van der Waals surface area contributed by atoms with Gasteiger partial charge in [-0.1, -0.05) is 12.1 Å². The van der Waals surface area contributed by atoms with Gasteiger partial charge in [-0.15, -0.1) is 0 Å². The second-order valence-electron chi connectivity index (χ2n) is 4.27. The smallest absolute Gasteiger partial charge is 0.272 e. The van der Waals surface area contributed by atoms with Crippen LogP contribution < -0.4 is 5.73 Å². The molecule has 4 nitrogen and oxygen atoms in total. The van der Waals surface area contributed by atoms with E-state index in [9.17, 15) is 4.79 Å². The van der Waals surface area contributed by atoms with Crippen LogP contribution in [0.1, 0.15) is 16.1 Å². The summed E-state index contributed by atoms with van der Waals surface area (Å²) >= 11 is 3.29. The van der Waals surface area contributed by atoms with Crippen molar-refractivity contribution in [3.63, 3.8) is 0 Å². The van der Waals surface area contributed by atoms with Gasteiger partial charge < -0.3 is 10.6 Å². The quantitative estimate of drug-likeness (QED) is 0.885. The maximum absolute atomic E-state index is 12.2. The summed E-state index contributed by atoms with van der Waals surface area (Å²) in [6, 6.07) is 11.0. The Morgan fingerprint density at radius 3 is 2.79 bits per heavy atom. The average molecular weight is 320 g/mol. The molecular weight excluding hydrogens is 306 g/mol. The molecule has 1 aromatic carbocycles. The number of nitrogens with two attached hydrogens (primary N) is 1. The largest absolute Gasteiger partial charge is 0.399 e. The summed E-state index contributed by atoms with van der Waals surface area (Å²) in [5.41, 5.74) is 7.83. The molecule has 5 heteroatoms. The van der Waals surface area contributed by atoms with E-state index in [4.69, 9.17) is 5.73 Å². The Hall–Kier alpha value is -1.88. The van der Waals surface area contributed by atoms with E-state index in [0.717, 1.165) is 10.0 Å². The van der Waals surface area contributed by atoms with Gasteiger partial charge in [0.15, 0.2) is 0 Å². The number of nitrogen functional groups attached to an aromatic ring is 1. The van der Waals surface area contributed by atoms with Crippen LogP contribution in [0.4, 0.5) is 5.69 Å². The summed E-state index contributed by atoms with van der Waals surface area (Å²) in [5, 5.41) is 0. The molecule has 0 spiro atoms. The van der Waals surface area contributed by atoms with Crippen LogP contribution >= 0.6 is 15.9 Å². The van der Waals surface area contributed by atoms with E-state index < -0.39 is 0 Å². The van der Waals surface area contributed by atoms with Crippen molar-refractivity contribution in [1.29, 1.82) is 0 Å². The number of halogens is 1. The van der Waals surface area contributed by atoms with Gasteiger partial charge in [-0.25, -0.2) is 4.98 Å². The summed E-state index contributed by atoms with van der Waals surface area (Å²) in [6.45, 7) is 0.502. The molecule has 2 N–H and O–H groups in total. The second kappa shape index (κ2) is 5.84. The maximum Gasteiger partial charge on any atom is 0.272 e. The Kier molecular flexibility index (Phi) is 4.16. The van der Waals surface area contributed by atoms with Gasteiger partial charge in [0.1, 0.15) is 5.69 Å². The molecule has 1 aromatic heterocycles. The predicted molar refractivity (Wildman–Crippen MR) is 78.6 cm³/mol. The van der Waals surface area contributed by atoms with Gasteiger partial charge in [-0.2, -0.15) is 0 Å². The summed E-state index contributed by atoms with van der Waals surface area (Å²) in [4.78, 5) is 17.9. The van der Waals surface area contributed by atoms with Gasteiger partial charge in [0.05, 0.1) is 0 Å². The topological polar surface area (TPSA) is 59.2 Å². The van der Waals surface area contributed by atoms with Crippen molar-refractivity contribution in [2.45, 2.75) is 6.54 Å². The van der Waals surface area contributed by atoms with Crippen LogP contribution in [0.25, 0.3) is 0 Å². The number of carbonyl (C=O) groups is 1. The van der Waals surface area contributed by atoms with E-state index in [2.05, 4.69) is 20.9 Å². The Morgan fingerprint density at radius 1 is 1.37 bits per heavy atom. The van der Waals surface area contributed by atoms with E-state index in [1.807, 2.05) is 24.3 Å². The van der Waals surface area contributed by atoms with Crippen LogP contribution in [0.2, 0.25) is 0 Å². The molecule has 0 aliphatic rings. The Balaban J connectivity index is 2.09. The number of pyridine rings is 1. The minimum absolute atomic E-state index is 0.116. The van der Waals surface area contributed by atoms with Gasteiger partial charge in [-0.05, 0) is 45.8 Å². The normalized spacial score (nSPS) is 10.2. The van der Waals surface area contributed by atoms with Crippen LogP contribution in [0.5, 0.6) is 0 Å². The highest BCUT2D eigenvalue weighted by molar-refractivity contribution is 9.10. The highest BCUT2D eigenvalue weighted by Gasteiger charge is 2.13. The molecule has 0 atom stereocenters. The molecule has 0 aliphatic heterocycles. The molecule has 2 aromatic rings. The minimum Gasteiger partial charge on any atom is -0.399 e. The Bertz CT molecular complexity index is 583. The molecule has 0 unspecified atom stereocenters. The number of benzene rings is 1. The lowest BCUT2D eigenvalue weighted by atomic mass is 10.2. The number of carbonyl (C=O) groups excluding carboxylic acids is 1. The second-order valence-corrected chi connectivity index (χ2v) is 5.18. The molecule has 0 radical (unpaired) electrons. The van der Waals surface area contributed by atoms with E-state index in [-0.39, 0.29) is 5.91 Å². The zero-order valence-corrected chi connectivity index (χ0v) is 12.1. The first-order valence-electron chi connectivity index (χ1n) is 5.77. The van der Waals surface area contributed by atoms with Crippen LogP contribution in [-0.4, -0.2) is 22.8 Å². The standard InChI is InChI=1S/C14H14BrN3O/c1-18(9-10-3-2-4-12(16)7-10)14(19)13-6-5-11(15)8-17-13/h2-8H,9,16H2,1H3. The van der Waals surface area contributed by atoms with E-state index in [1.54, 1.807) is 30.3 Å². The number of anilines is 1. The van der Waals surface area contributed by atoms with Crippen molar-refractivity contribution in [1.82, 2.24) is 9.88 Å². The molecule has 98 valence electrons. The fourth-order valence-corrected chi connectivity index (χ4v) is 1.97. The molecular formula is C14H14BrN3O. The van der Waals surface area contributed by atoms with E-state index in [0.29, 0.717) is 17.9 Å². The molecule has 2 rings (SSSR count). The zero-order chi connectivity index (χ0) is 13.8. The summed E-state index contributed by atoms with van der Waals surface area (Å²) < 4.78 is 0.850. The fourth-order valence-electron chi connectivity index (χ4n) is 1.74. The summed E-state index contributed by atoms with van der Waals surface area (Å²) in [7, 11) is 1.75. The minimum atomic E-state index is -0.116. The van der Waals surface area contributed by atoms with Crippen molar-refractivity contribution in [2.75, 3.05) is 12.8 Å². The SMILES string of the molecule is CN(Cc1cccc(N)c1)C(=O)c1ccc(Br)cn1. The third-order valence-electron chi connectivity index (χ3n) is 2.66. The predicted octanol–water partition coefficient (Wildman–Crippen LogP) is 2.70. The molecule has 0 saturated carbocycles. The number of rotatable bonds is 3. The third kappa shape index (κ3) is 3.54. The maximum atomic E-state index is 12.2. The monoisotopic (exact) mass is 319 g/mol. The summed E-state index contributed by atoms with van der Waals surface area (Å²) in [5.74, 6) is -0.116. The lowest BCUT2D eigenvalue weighted by Gasteiger charge is -2.17. The van der Waals surface area contributed by atoms with Crippen molar-refractivity contribution in [2.24, 2.45) is 0 Å². The number of hydrogen-bond acceptors (Lipinski definition) is 3. The lowest BCUT2D eigenvalue weighted by molar-refractivity contribution is 0.0779. The first-order chi connectivity index (χ1) is 9.06. The first kappa shape index (κ1) is 13.5. The number of aromatic nitrogens is 1. The lowest BCUT2D eigenvalue weighted by Crippen LogP contribution is -2.26. The molecule has 1 heterocycles. The van der Waals surface area contributed by atoms with Crippen molar-refractivity contribution in [3.05, 3.63) is 58.3 Å². The number of hydrogen-bond donors (Lipinski definition) is 1. The van der Waals surface area contributed by atoms with Crippen LogP contribution in [-0.2, 0) is 6.54 Å². The number of amides is 1. The van der Waals surface area contributed by atoms with Gasteiger partial charge in [0, 0.05) is 29.9 Å². The third-order valence-corrected chi connectivity index (χ3v) is 3.13. The highest BCUT2D eigenvalue weighted by Crippen LogP contribution is 2.12. The van der Waals surface area contributed by atoms with Gasteiger partial charge in [-0.3, -0.25) is 4.79 Å². The molecule has 19 heavy (non-hydrogen) atoms. The van der Waals surface area contributed by atoms with Crippen LogP contribution in [0.3, 0.4) is 0 Å². The molecule has 0 fully saturated rings. The van der Waals surface area contributed by atoms with Crippen LogP contribution in [0.15, 0.2) is 47.1 Å². The molecule has 0 saturated heterocycles. The van der Waals surface area contributed by atoms with Gasteiger partial charge in [0.25, 0.3) is 5.91 Å². The first-order valence-corrected chi connectivity index (χ1v) is 6.57. The molecule has 1 amide bonds. The summed E-state index contributed by atoms with van der Waals surface area (Å²) in [6.07, 6.45) is 1.61. The fraction of sp³-hybridized carbons (Fsp3) is 0.143. The average Bonchev–Trinajstić information content (AvgIpc) is 2.39. The van der Waals surface area contributed by atoms with Crippen molar-refractivity contribution >= 4 is 27.5 Å².